The first kappa shape index (κ1) is 19.4. The van der Waals surface area contributed by atoms with Crippen LogP contribution in [0.25, 0.3) is 0 Å². The summed E-state index contributed by atoms with van der Waals surface area (Å²) in [4.78, 5) is 43.9. The Morgan fingerprint density at radius 2 is 1.86 bits per heavy atom. The fraction of sp³-hybridized carbons (Fsp3) is 0.381. The third-order valence-electron chi connectivity index (χ3n) is 5.52. The van der Waals surface area contributed by atoms with Crippen LogP contribution >= 0.6 is 11.3 Å². The largest absolute Gasteiger partial charge is 0.497 e. The molecular formula is C21H23N3O4S. The Balaban J connectivity index is 1.55. The molecule has 152 valence electrons. The average Bonchev–Trinajstić information content (AvgIpc) is 3.08. The molecule has 2 aliphatic heterocycles. The first-order valence-electron chi connectivity index (χ1n) is 9.46. The van der Waals surface area contributed by atoms with Gasteiger partial charge in [0.05, 0.1) is 25.6 Å². The Morgan fingerprint density at radius 3 is 2.55 bits per heavy atom. The van der Waals surface area contributed by atoms with E-state index in [4.69, 9.17) is 4.74 Å². The van der Waals surface area contributed by atoms with Gasteiger partial charge in [-0.25, -0.2) is 0 Å². The molecule has 1 aromatic carbocycles. The van der Waals surface area contributed by atoms with Crippen LogP contribution in [0.5, 0.6) is 5.75 Å². The summed E-state index contributed by atoms with van der Waals surface area (Å²) >= 11 is 1.45. The highest BCUT2D eigenvalue weighted by atomic mass is 32.1. The van der Waals surface area contributed by atoms with Crippen molar-refractivity contribution in [1.29, 1.82) is 0 Å². The predicted molar refractivity (Wildman–Crippen MR) is 111 cm³/mol. The highest BCUT2D eigenvalue weighted by Gasteiger charge is 2.36. The number of anilines is 1. The lowest BCUT2D eigenvalue weighted by molar-refractivity contribution is -0.131. The zero-order valence-electron chi connectivity index (χ0n) is 16.7. The smallest absolute Gasteiger partial charge is 0.257 e. The summed E-state index contributed by atoms with van der Waals surface area (Å²) in [6, 6.07) is 7.49. The summed E-state index contributed by atoms with van der Waals surface area (Å²) in [6.07, 6.45) is 0.946. The van der Waals surface area contributed by atoms with Gasteiger partial charge < -0.3 is 19.4 Å². The van der Waals surface area contributed by atoms with Crippen LogP contribution in [0.3, 0.4) is 0 Å². The highest BCUT2D eigenvalue weighted by Crippen LogP contribution is 2.40. The standard InChI is InChI=1S/C21H23N3O4S/c1-22-12-18(26)23(2)21-19(20(22)27)15-8-9-24(11-16(15)29-21)17(25)10-13-4-6-14(28-3)7-5-13/h4-7H,8-12H2,1-3H3. The van der Waals surface area contributed by atoms with Crippen molar-refractivity contribution in [3.63, 3.8) is 0 Å². The molecule has 0 aliphatic carbocycles. The van der Waals surface area contributed by atoms with Gasteiger partial charge in [0, 0.05) is 25.5 Å². The summed E-state index contributed by atoms with van der Waals surface area (Å²) in [7, 11) is 4.98. The fourth-order valence-electron chi connectivity index (χ4n) is 3.77. The van der Waals surface area contributed by atoms with Crippen LogP contribution in [0, 0.1) is 0 Å². The molecule has 0 fully saturated rings. The lowest BCUT2D eigenvalue weighted by Gasteiger charge is -2.27. The molecule has 0 N–H and O–H groups in total. The lowest BCUT2D eigenvalue weighted by Crippen LogP contribution is -2.37. The minimum absolute atomic E-state index is 0.0530. The molecule has 0 saturated heterocycles. The molecule has 29 heavy (non-hydrogen) atoms. The summed E-state index contributed by atoms with van der Waals surface area (Å²) in [5.41, 5.74) is 2.55. The van der Waals surface area contributed by atoms with Gasteiger partial charge in [-0.05, 0) is 29.7 Å². The number of carbonyl (C=O) groups excluding carboxylic acids is 3. The van der Waals surface area contributed by atoms with E-state index in [1.165, 1.54) is 16.2 Å². The van der Waals surface area contributed by atoms with Crippen LogP contribution in [0.4, 0.5) is 5.00 Å². The number of carbonyl (C=O) groups is 3. The summed E-state index contributed by atoms with van der Waals surface area (Å²) < 4.78 is 5.16. The Hall–Kier alpha value is -2.87. The van der Waals surface area contributed by atoms with E-state index in [0.29, 0.717) is 36.5 Å². The number of amides is 3. The van der Waals surface area contributed by atoms with E-state index in [0.717, 1.165) is 21.8 Å². The van der Waals surface area contributed by atoms with Gasteiger partial charge in [-0.15, -0.1) is 11.3 Å². The second kappa shape index (κ2) is 7.51. The van der Waals surface area contributed by atoms with Crippen LogP contribution in [0.2, 0.25) is 0 Å². The third kappa shape index (κ3) is 3.48. The van der Waals surface area contributed by atoms with Crippen molar-refractivity contribution in [3.05, 3.63) is 45.8 Å². The molecule has 3 heterocycles. The van der Waals surface area contributed by atoms with E-state index in [-0.39, 0.29) is 24.3 Å². The second-order valence-corrected chi connectivity index (χ2v) is 8.47. The second-order valence-electron chi connectivity index (χ2n) is 7.39. The van der Waals surface area contributed by atoms with Gasteiger partial charge >= 0.3 is 0 Å². The van der Waals surface area contributed by atoms with Crippen molar-refractivity contribution >= 4 is 34.1 Å². The van der Waals surface area contributed by atoms with Crippen LogP contribution in [-0.4, -0.2) is 61.8 Å². The van der Waals surface area contributed by atoms with Crippen LogP contribution in [0.1, 0.15) is 26.4 Å². The number of fused-ring (bicyclic) bond motifs is 3. The minimum Gasteiger partial charge on any atom is -0.497 e. The fourth-order valence-corrected chi connectivity index (χ4v) is 5.11. The van der Waals surface area contributed by atoms with Crippen LogP contribution < -0.4 is 9.64 Å². The number of benzene rings is 1. The Kier molecular flexibility index (Phi) is 5.04. The number of likely N-dealkylation sites (N-methyl/N-ethyl adjacent to an activating group) is 2. The monoisotopic (exact) mass is 413 g/mol. The molecule has 4 rings (SSSR count). The summed E-state index contributed by atoms with van der Waals surface area (Å²) in [5, 5.41) is 0.693. The lowest BCUT2D eigenvalue weighted by atomic mass is 10.0. The third-order valence-corrected chi connectivity index (χ3v) is 6.81. The molecule has 0 radical (unpaired) electrons. The summed E-state index contributed by atoms with van der Waals surface area (Å²) in [6.45, 7) is 1.12. The maximum absolute atomic E-state index is 12.8. The highest BCUT2D eigenvalue weighted by molar-refractivity contribution is 7.17. The molecule has 7 nitrogen and oxygen atoms in total. The predicted octanol–water partition coefficient (Wildman–Crippen LogP) is 1.93. The van der Waals surface area contributed by atoms with Gasteiger partial charge in [0.2, 0.25) is 11.8 Å². The van der Waals surface area contributed by atoms with Crippen LogP contribution in [0.15, 0.2) is 24.3 Å². The molecule has 0 bridgehead atoms. The Morgan fingerprint density at radius 1 is 1.14 bits per heavy atom. The quantitative estimate of drug-likeness (QED) is 0.771. The van der Waals surface area contributed by atoms with E-state index >= 15 is 0 Å². The van der Waals surface area contributed by atoms with Crippen molar-refractivity contribution in [2.24, 2.45) is 0 Å². The van der Waals surface area contributed by atoms with Gasteiger partial charge in [0.1, 0.15) is 17.3 Å². The maximum Gasteiger partial charge on any atom is 0.257 e. The number of hydrogen-bond acceptors (Lipinski definition) is 5. The van der Waals surface area contributed by atoms with Gasteiger partial charge in [-0.1, -0.05) is 12.1 Å². The van der Waals surface area contributed by atoms with Gasteiger partial charge in [-0.3, -0.25) is 14.4 Å². The SMILES string of the molecule is COc1ccc(CC(=O)N2CCc3c(sc4c3C(=O)N(C)CC(=O)N4C)C2)cc1. The summed E-state index contributed by atoms with van der Waals surface area (Å²) in [5.74, 6) is 0.591. The number of nitrogens with zero attached hydrogens (tertiary/aromatic N) is 3. The van der Waals surface area contributed by atoms with Crippen LogP contribution in [-0.2, 0) is 29.0 Å². The Labute approximate surface area is 173 Å². The van der Waals surface area contributed by atoms with E-state index in [1.807, 2.05) is 29.2 Å². The van der Waals surface area contributed by atoms with Crippen molar-refractivity contribution < 1.29 is 19.1 Å². The number of rotatable bonds is 3. The van der Waals surface area contributed by atoms with Crippen molar-refractivity contribution in [2.75, 3.05) is 39.2 Å². The van der Waals surface area contributed by atoms with E-state index in [1.54, 1.807) is 26.1 Å². The maximum atomic E-state index is 12.8. The molecule has 0 atom stereocenters. The molecule has 2 aliphatic rings. The number of methoxy groups -OCH3 is 1. The normalized spacial score (nSPS) is 16.4. The molecular weight excluding hydrogens is 390 g/mol. The van der Waals surface area contributed by atoms with Crippen molar-refractivity contribution in [3.8, 4) is 5.75 Å². The molecule has 8 heteroatoms. The van der Waals surface area contributed by atoms with Gasteiger partial charge in [-0.2, -0.15) is 0 Å². The van der Waals surface area contributed by atoms with E-state index in [9.17, 15) is 14.4 Å². The molecule has 1 aromatic heterocycles. The van der Waals surface area contributed by atoms with Crippen molar-refractivity contribution in [1.82, 2.24) is 9.80 Å². The first-order chi connectivity index (χ1) is 13.9. The molecule has 0 unspecified atom stereocenters. The number of thiophene rings is 1. The number of hydrogen-bond donors (Lipinski definition) is 0. The zero-order valence-corrected chi connectivity index (χ0v) is 17.5. The van der Waals surface area contributed by atoms with E-state index < -0.39 is 0 Å². The average molecular weight is 413 g/mol. The topological polar surface area (TPSA) is 70.2 Å². The first-order valence-corrected chi connectivity index (χ1v) is 10.3. The van der Waals surface area contributed by atoms with E-state index in [2.05, 4.69) is 0 Å². The van der Waals surface area contributed by atoms with Gasteiger partial charge in [0.25, 0.3) is 5.91 Å². The molecule has 0 spiro atoms. The van der Waals surface area contributed by atoms with Gasteiger partial charge in [0.15, 0.2) is 0 Å². The Bertz CT molecular complexity index is 983. The molecule has 2 aromatic rings. The number of ether oxygens (including phenoxy) is 1. The zero-order chi connectivity index (χ0) is 20.7. The molecule has 3 amide bonds. The minimum atomic E-state index is -0.117. The van der Waals surface area contributed by atoms with Crippen molar-refractivity contribution in [2.45, 2.75) is 19.4 Å². The molecule has 0 saturated carbocycles.